The van der Waals surface area contributed by atoms with Crippen molar-refractivity contribution in [2.45, 2.75) is 115 Å². The van der Waals surface area contributed by atoms with Gasteiger partial charge in [0.1, 0.15) is 23.0 Å². The number of benzene rings is 2. The second kappa shape index (κ2) is 22.8. The summed E-state index contributed by atoms with van der Waals surface area (Å²) in [5.41, 5.74) is 1.39. The maximum absolute atomic E-state index is 6.08. The van der Waals surface area contributed by atoms with Gasteiger partial charge in [0, 0.05) is 52.0 Å². The Kier molecular flexibility index (Phi) is 17.2. The first kappa shape index (κ1) is 40.8. The van der Waals surface area contributed by atoms with Gasteiger partial charge < -0.3 is 28.4 Å². The van der Waals surface area contributed by atoms with Gasteiger partial charge in [-0.3, -0.25) is 0 Å². The van der Waals surface area contributed by atoms with E-state index < -0.39 is 11.9 Å². The van der Waals surface area contributed by atoms with Crippen LogP contribution in [0.2, 0.25) is 0 Å². The Labute approximate surface area is 320 Å². The fourth-order valence-electron chi connectivity index (χ4n) is 5.63. The maximum Gasteiger partial charge on any atom is 0.367 e. The Hall–Kier alpha value is -4.36. The first-order valence-corrected chi connectivity index (χ1v) is 19.2. The Morgan fingerprint density at radius 2 is 0.667 bits per heavy atom. The van der Waals surface area contributed by atoms with Crippen molar-refractivity contribution in [1.29, 1.82) is 0 Å². The fourth-order valence-corrected chi connectivity index (χ4v) is 5.63. The molecule has 4 bridgehead atoms. The van der Waals surface area contributed by atoms with Crippen LogP contribution in [0.25, 0.3) is 0 Å². The average molecular weight is 741 g/mol. The van der Waals surface area contributed by atoms with Crippen molar-refractivity contribution in [2.24, 2.45) is 0 Å². The molecular formula is C44H52O10. The van der Waals surface area contributed by atoms with Gasteiger partial charge in [0.15, 0.2) is 0 Å². The molecule has 288 valence electrons. The van der Waals surface area contributed by atoms with E-state index >= 15 is 0 Å². The van der Waals surface area contributed by atoms with E-state index in [2.05, 4.69) is 47.4 Å². The van der Waals surface area contributed by atoms with Gasteiger partial charge >= 0.3 is 11.9 Å². The lowest BCUT2D eigenvalue weighted by Gasteiger charge is -2.13. The molecule has 0 atom stereocenters. The van der Waals surface area contributed by atoms with Crippen LogP contribution in [-0.4, -0.2) is 40.6 Å². The van der Waals surface area contributed by atoms with E-state index in [0.29, 0.717) is 60.6 Å². The third-order valence-corrected chi connectivity index (χ3v) is 8.81. The van der Waals surface area contributed by atoms with Gasteiger partial charge in [0.2, 0.25) is 0 Å². The summed E-state index contributed by atoms with van der Waals surface area (Å²) in [6.45, 7) is 2.31. The summed E-state index contributed by atoms with van der Waals surface area (Å²) in [5, 5.41) is 0. The standard InChI is InChI=1S/C44H52O10/c1-45-43(51-52-43)37-31-39-35-40(32-37)48-28-24-20-16-12-8-4-6-10-14-18-22-26-30-50-42-34-38(44(46-2)53-54-44)33-41(36-42)49-29-25-21-17-13-9-5-3-7-11-15-19-23-27-47-39/h31-36H,11-30H2,1-2H3. The van der Waals surface area contributed by atoms with Crippen LogP contribution in [0.5, 0.6) is 23.0 Å². The molecule has 5 rings (SSSR count). The van der Waals surface area contributed by atoms with Gasteiger partial charge in [-0.1, -0.05) is 23.7 Å². The highest BCUT2D eigenvalue weighted by Crippen LogP contribution is 2.45. The molecule has 0 spiro atoms. The summed E-state index contributed by atoms with van der Waals surface area (Å²) < 4.78 is 35.1. The smallest absolute Gasteiger partial charge is 0.367 e. The normalized spacial score (nSPS) is 20.0. The van der Waals surface area contributed by atoms with Crippen LogP contribution in [0.1, 0.15) is 114 Å². The molecule has 0 unspecified atom stereocenters. The second-order valence-corrected chi connectivity index (χ2v) is 13.1. The summed E-state index contributed by atoms with van der Waals surface area (Å²) in [6, 6.07) is 11.3. The Balaban J connectivity index is 1.10. The molecule has 10 nitrogen and oxygen atoms in total. The van der Waals surface area contributed by atoms with Crippen LogP contribution < -0.4 is 18.9 Å². The van der Waals surface area contributed by atoms with Gasteiger partial charge in [-0.25, -0.2) is 0 Å². The topological polar surface area (TPSA) is 106 Å². The summed E-state index contributed by atoms with van der Waals surface area (Å²) in [4.78, 5) is 20.5. The third-order valence-electron chi connectivity index (χ3n) is 8.81. The Morgan fingerprint density at radius 3 is 0.907 bits per heavy atom. The van der Waals surface area contributed by atoms with Crippen molar-refractivity contribution >= 4 is 0 Å². The summed E-state index contributed by atoms with van der Waals surface area (Å²) in [6.07, 6.45) is 14.8. The number of rotatable bonds is 4. The van der Waals surface area contributed by atoms with Crippen LogP contribution in [0, 0.1) is 47.4 Å². The highest BCUT2D eigenvalue weighted by molar-refractivity contribution is 5.41. The summed E-state index contributed by atoms with van der Waals surface area (Å²) >= 11 is 0. The van der Waals surface area contributed by atoms with Gasteiger partial charge in [-0.2, -0.15) is 19.6 Å². The quantitative estimate of drug-likeness (QED) is 0.172. The Morgan fingerprint density at radius 1 is 0.389 bits per heavy atom. The molecule has 54 heavy (non-hydrogen) atoms. The first-order valence-electron chi connectivity index (χ1n) is 19.2. The van der Waals surface area contributed by atoms with E-state index in [9.17, 15) is 0 Å². The van der Waals surface area contributed by atoms with Crippen molar-refractivity contribution in [1.82, 2.24) is 0 Å². The molecule has 0 N–H and O–H groups in total. The second-order valence-electron chi connectivity index (χ2n) is 13.1. The number of methoxy groups -OCH3 is 2. The van der Waals surface area contributed by atoms with Crippen molar-refractivity contribution in [3.05, 3.63) is 47.5 Å². The van der Waals surface area contributed by atoms with Gasteiger partial charge in [-0.15, -0.1) is 0 Å². The monoisotopic (exact) mass is 740 g/mol. The lowest BCUT2D eigenvalue weighted by molar-refractivity contribution is -0.0250. The van der Waals surface area contributed by atoms with Crippen LogP contribution in [0.3, 0.4) is 0 Å². The van der Waals surface area contributed by atoms with Crippen LogP contribution in [0.4, 0.5) is 0 Å². The van der Waals surface area contributed by atoms with Crippen molar-refractivity contribution in [2.75, 3.05) is 40.6 Å². The average Bonchev–Trinajstić information content (AvgIpc) is 4.13. The highest BCUT2D eigenvalue weighted by Gasteiger charge is 2.53. The molecule has 0 saturated carbocycles. The van der Waals surface area contributed by atoms with E-state index in [1.54, 1.807) is 0 Å². The predicted molar refractivity (Wildman–Crippen MR) is 202 cm³/mol. The van der Waals surface area contributed by atoms with Gasteiger partial charge in [0.25, 0.3) is 0 Å². The molecule has 10 heteroatoms. The van der Waals surface area contributed by atoms with Crippen LogP contribution >= 0.6 is 0 Å². The summed E-state index contributed by atoms with van der Waals surface area (Å²) in [7, 11) is 3.07. The number of fused-ring (bicyclic) bond motifs is 4. The lowest BCUT2D eigenvalue weighted by Crippen LogP contribution is -2.11. The number of hydrogen-bond acceptors (Lipinski definition) is 10. The van der Waals surface area contributed by atoms with Crippen molar-refractivity contribution in [3.63, 3.8) is 0 Å². The molecule has 3 aliphatic heterocycles. The molecule has 0 radical (unpaired) electrons. The minimum atomic E-state index is -1.20. The van der Waals surface area contributed by atoms with E-state index in [1.165, 1.54) is 14.2 Å². The first-order chi connectivity index (χ1) is 26.6. The molecule has 0 amide bonds. The zero-order valence-corrected chi connectivity index (χ0v) is 31.7. The van der Waals surface area contributed by atoms with E-state index in [0.717, 1.165) is 103 Å². The van der Waals surface area contributed by atoms with Crippen LogP contribution in [0.15, 0.2) is 36.4 Å². The van der Waals surface area contributed by atoms with Gasteiger partial charge in [-0.05, 0) is 125 Å². The van der Waals surface area contributed by atoms with Crippen molar-refractivity contribution in [3.8, 4) is 70.4 Å². The van der Waals surface area contributed by atoms with E-state index in [4.69, 9.17) is 48.0 Å². The molecule has 2 aromatic rings. The fraction of sp³-hybridized carbons (Fsp3) is 0.545. The molecule has 0 aliphatic carbocycles. The van der Waals surface area contributed by atoms with Crippen LogP contribution in [-0.2, 0) is 41.0 Å². The third kappa shape index (κ3) is 14.1. The predicted octanol–water partition coefficient (Wildman–Crippen LogP) is 8.61. The minimum absolute atomic E-state index is 0.578. The largest absolute Gasteiger partial charge is 0.493 e. The SMILES string of the molecule is COC1(c2cc3cc(c2)OCCCCCC#CC#CCCCCCOc2cc(cc(C4(OC)OO4)c2)OCCCCCC#CC#CCCCCCO3)OO1. The van der Waals surface area contributed by atoms with Crippen molar-refractivity contribution < 1.29 is 48.0 Å². The van der Waals surface area contributed by atoms with E-state index in [1.807, 2.05) is 36.4 Å². The lowest BCUT2D eigenvalue weighted by atomic mass is 10.1. The zero-order chi connectivity index (χ0) is 37.6. The zero-order valence-electron chi connectivity index (χ0n) is 31.7. The van der Waals surface area contributed by atoms with Gasteiger partial charge in [0.05, 0.1) is 37.6 Å². The molecule has 2 fully saturated rings. The molecule has 0 aromatic heterocycles. The van der Waals surface area contributed by atoms with E-state index in [-0.39, 0.29) is 0 Å². The highest BCUT2D eigenvalue weighted by atomic mass is 17.5. The number of ether oxygens (including phenoxy) is 6. The minimum Gasteiger partial charge on any atom is -0.493 e. The summed E-state index contributed by atoms with van der Waals surface area (Å²) in [5.74, 6) is 25.0. The Bertz CT molecular complexity index is 1490. The maximum atomic E-state index is 6.08. The number of hydrogen-bond donors (Lipinski definition) is 0. The molecule has 3 aliphatic rings. The molecular weight excluding hydrogens is 688 g/mol. The molecule has 2 saturated heterocycles. The molecule has 3 heterocycles. The molecule has 2 aromatic carbocycles.